The van der Waals surface area contributed by atoms with Crippen LogP contribution in [-0.4, -0.2) is 26.2 Å². The summed E-state index contributed by atoms with van der Waals surface area (Å²) in [6.07, 6.45) is 8.15. The summed E-state index contributed by atoms with van der Waals surface area (Å²) in [7, 11) is 0. The van der Waals surface area contributed by atoms with Crippen molar-refractivity contribution < 1.29 is 11.2 Å². The summed E-state index contributed by atoms with van der Waals surface area (Å²) >= 11 is 5.30. The Hall–Kier alpha value is 2.07. The van der Waals surface area contributed by atoms with Gasteiger partial charge in [0.25, 0.3) is 0 Å². The van der Waals surface area contributed by atoms with Gasteiger partial charge in [-0.1, -0.05) is 38.5 Å². The van der Waals surface area contributed by atoms with Crippen LogP contribution < -0.4 is 0 Å². The number of hydrogen-bond acceptors (Lipinski definition) is 0. The van der Waals surface area contributed by atoms with Gasteiger partial charge in [0.1, 0.15) is 0 Å². The van der Waals surface area contributed by atoms with Crippen molar-refractivity contribution >= 4 is 38.7 Å². The topological polar surface area (TPSA) is 28.2 Å². The van der Waals surface area contributed by atoms with Crippen molar-refractivity contribution in [2.45, 2.75) is 38.5 Å². The molecule has 0 radical (unpaired) electrons. The van der Waals surface area contributed by atoms with Crippen LogP contribution in [-0.2, 0) is 11.2 Å². The second-order valence-electron chi connectivity index (χ2n) is 3.51. The van der Waals surface area contributed by atoms with Gasteiger partial charge in [0.05, 0.1) is 0 Å². The van der Waals surface area contributed by atoms with E-state index in [2.05, 4.69) is 49.3 Å². The molecule has 2 fully saturated rings. The van der Waals surface area contributed by atoms with Crippen molar-refractivity contribution in [1.29, 1.82) is 0 Å². The van der Waals surface area contributed by atoms with Crippen LogP contribution in [0.5, 0.6) is 0 Å². The molecule has 2 saturated heterocycles. The van der Waals surface area contributed by atoms with Crippen molar-refractivity contribution in [2.24, 2.45) is 0 Å². The number of nitrogens with zero attached hydrogens (tertiary/aromatic N) is 2. The van der Waals surface area contributed by atoms with E-state index in [-0.39, 0.29) is 0 Å². The predicted octanol–water partition coefficient (Wildman–Crippen LogP) is 4.86. The van der Waals surface area contributed by atoms with Crippen molar-refractivity contribution in [1.82, 2.24) is 0 Å². The molecule has 2 heterocycles. The Morgan fingerprint density at radius 3 is 0.933 bits per heavy atom. The molecule has 0 aromatic rings. The molecule has 0 unspecified atom stereocenters. The maximum absolute atomic E-state index is 4.18. The summed E-state index contributed by atoms with van der Waals surface area (Å²) < 4.78 is 0. The Labute approximate surface area is 124 Å². The quantitative estimate of drug-likeness (QED) is 0.348. The normalized spacial score (nSPS) is 20.7. The first-order valence-electron chi connectivity index (χ1n) is 5.50. The summed E-state index contributed by atoms with van der Waals surface area (Å²) in [6.45, 7) is 4.50. The van der Waals surface area contributed by atoms with Crippen LogP contribution in [0.3, 0.4) is 0 Å². The number of hydrogen-bond donors (Lipinski definition) is 0. The molecule has 0 bridgehead atoms. The summed E-state index contributed by atoms with van der Waals surface area (Å²) in [5.41, 5.74) is 0. The van der Waals surface area contributed by atoms with Crippen LogP contribution in [0.2, 0.25) is 0 Å². The van der Waals surface area contributed by atoms with E-state index in [1.165, 1.54) is 38.5 Å². The molecule has 0 N–H and O–H groups in total. The fourth-order valence-corrected chi connectivity index (χ4v) is 1.47. The fourth-order valence-electron chi connectivity index (χ4n) is 1.47. The molecule has 94 valence electrons. The summed E-state index contributed by atoms with van der Waals surface area (Å²) in [5.74, 6) is 0. The Bertz CT molecular complexity index is 74.6. The molecule has 0 aromatic carbocycles. The molecule has 0 aromatic heterocycles. The Morgan fingerprint density at radius 2 is 0.867 bits per heavy atom. The van der Waals surface area contributed by atoms with Gasteiger partial charge in [-0.2, -0.15) is 0 Å². The zero-order valence-corrected chi connectivity index (χ0v) is 15.6. The van der Waals surface area contributed by atoms with Gasteiger partial charge in [-0.3, -0.25) is 0 Å². The van der Waals surface area contributed by atoms with Crippen LogP contribution in [0.25, 0.3) is 10.6 Å². The first-order valence-corrected chi connectivity index (χ1v) is 18.4. The average Bonchev–Trinajstić information content (AvgIpc) is 2.35. The zero-order valence-electron chi connectivity index (χ0n) is 9.04. The Morgan fingerprint density at radius 1 is 0.600 bits per heavy atom. The number of halogens is 2. The number of piperidine rings is 2. The molecule has 0 spiro atoms. The standard InChI is InChI=1S/2C5H10N.2HI.Pt/c2*1-2-4-6-5-3-1;;;/h2*1-5H2;2*1H;/q2*-1;;;+4/p-2. The van der Waals surface area contributed by atoms with E-state index in [1.54, 1.807) is 0 Å². The van der Waals surface area contributed by atoms with E-state index in [4.69, 9.17) is 0 Å². The second-order valence-corrected chi connectivity index (χ2v) is 20.1. The second kappa shape index (κ2) is 16.1. The van der Waals surface area contributed by atoms with Gasteiger partial charge < -0.3 is 10.6 Å². The van der Waals surface area contributed by atoms with Crippen molar-refractivity contribution in [3.05, 3.63) is 10.6 Å². The van der Waals surface area contributed by atoms with Gasteiger partial charge in [0.15, 0.2) is 0 Å². The molecule has 0 saturated carbocycles. The molecule has 2 aliphatic rings. The maximum atomic E-state index is 4.18. The monoisotopic (exact) mass is 617 g/mol. The SMILES string of the molecule is C1CC[N-]CC1.C1CC[N-]CC1.[I][Pt+2][I]. The number of rotatable bonds is 0. The molecular weight excluding hydrogens is 597 g/mol. The molecule has 2 rings (SSSR count). The Balaban J connectivity index is 0.000000210. The molecule has 0 amide bonds. The van der Waals surface area contributed by atoms with Gasteiger partial charge in [-0.25, -0.2) is 0 Å². The van der Waals surface area contributed by atoms with Gasteiger partial charge in [0, 0.05) is 0 Å². The van der Waals surface area contributed by atoms with E-state index in [0.717, 1.165) is 26.2 Å². The minimum atomic E-state index is 0.523. The van der Waals surface area contributed by atoms with Gasteiger partial charge in [-0.15, -0.1) is 26.2 Å². The summed E-state index contributed by atoms with van der Waals surface area (Å²) in [5, 5.41) is 8.35. The fraction of sp³-hybridized carbons (Fsp3) is 1.00. The van der Waals surface area contributed by atoms with Crippen LogP contribution in [0.1, 0.15) is 38.5 Å². The third-order valence-electron chi connectivity index (χ3n) is 2.26. The van der Waals surface area contributed by atoms with Crippen LogP contribution in [0.15, 0.2) is 0 Å². The third kappa shape index (κ3) is 16.1. The van der Waals surface area contributed by atoms with Gasteiger partial charge in [0.2, 0.25) is 0 Å². The van der Waals surface area contributed by atoms with Gasteiger partial charge in [-0.05, 0) is 0 Å². The molecule has 2 aliphatic heterocycles. The average molecular weight is 617 g/mol. The Kier molecular flexibility index (Phi) is 18.3. The molecule has 15 heavy (non-hydrogen) atoms. The van der Waals surface area contributed by atoms with Crippen LogP contribution in [0.4, 0.5) is 0 Å². The van der Waals surface area contributed by atoms with E-state index >= 15 is 0 Å². The molecular formula is C10H20I2N2Pt. The molecule has 0 atom stereocenters. The summed E-state index contributed by atoms with van der Waals surface area (Å²) in [6, 6.07) is 0. The van der Waals surface area contributed by atoms with Crippen LogP contribution >= 0.6 is 38.7 Å². The van der Waals surface area contributed by atoms with E-state index in [9.17, 15) is 0 Å². The van der Waals surface area contributed by atoms with Crippen molar-refractivity contribution in [3.8, 4) is 0 Å². The molecule has 5 heteroatoms. The van der Waals surface area contributed by atoms with E-state index in [1.807, 2.05) is 0 Å². The van der Waals surface area contributed by atoms with Gasteiger partial charge >= 0.3 is 49.9 Å². The van der Waals surface area contributed by atoms with E-state index in [0.29, 0.717) is 11.2 Å². The van der Waals surface area contributed by atoms with Crippen molar-refractivity contribution in [2.75, 3.05) is 26.2 Å². The zero-order chi connectivity index (χ0) is 11.2. The molecule has 2 nitrogen and oxygen atoms in total. The van der Waals surface area contributed by atoms with Crippen LogP contribution in [0, 0.1) is 0 Å². The van der Waals surface area contributed by atoms with E-state index < -0.39 is 0 Å². The summed E-state index contributed by atoms with van der Waals surface area (Å²) in [4.78, 5) is 0. The third-order valence-corrected chi connectivity index (χ3v) is 2.26. The molecule has 0 aliphatic carbocycles. The van der Waals surface area contributed by atoms with Crippen molar-refractivity contribution in [3.63, 3.8) is 0 Å². The minimum absolute atomic E-state index is 0.523. The predicted molar refractivity (Wildman–Crippen MR) is 81.9 cm³/mol. The first-order chi connectivity index (χ1) is 7.41. The first kappa shape index (κ1) is 17.1.